The van der Waals surface area contributed by atoms with Gasteiger partial charge in [-0.15, -0.1) is 0 Å². The average Bonchev–Trinajstić information content (AvgIpc) is 2.38. The highest BCUT2D eigenvalue weighted by Gasteiger charge is 2.18. The van der Waals surface area contributed by atoms with Crippen LogP contribution in [-0.2, 0) is 16.1 Å². The third-order valence-electron chi connectivity index (χ3n) is 2.81. The molecular formula is C12H14ClNO4. The van der Waals surface area contributed by atoms with E-state index < -0.39 is 4.92 Å². The minimum absolute atomic E-state index is 0.0155. The van der Waals surface area contributed by atoms with Crippen LogP contribution in [0.5, 0.6) is 0 Å². The summed E-state index contributed by atoms with van der Waals surface area (Å²) >= 11 is 5.74. The second-order valence-corrected chi connectivity index (χ2v) is 4.57. The summed E-state index contributed by atoms with van der Waals surface area (Å²) in [6, 6.07) is 4.57. The molecule has 1 heterocycles. The highest BCUT2D eigenvalue weighted by atomic mass is 35.5. The van der Waals surface area contributed by atoms with Gasteiger partial charge in [0.05, 0.1) is 17.1 Å². The topological polar surface area (TPSA) is 61.6 Å². The van der Waals surface area contributed by atoms with Crippen LogP contribution in [-0.4, -0.2) is 17.8 Å². The van der Waals surface area contributed by atoms with E-state index in [2.05, 4.69) is 0 Å². The van der Waals surface area contributed by atoms with E-state index in [1.807, 2.05) is 0 Å². The second kappa shape index (κ2) is 6.13. The Kier molecular flexibility index (Phi) is 4.52. The first-order valence-electron chi connectivity index (χ1n) is 5.83. The summed E-state index contributed by atoms with van der Waals surface area (Å²) in [6.07, 6.45) is 2.68. The fourth-order valence-electron chi connectivity index (χ4n) is 1.85. The first kappa shape index (κ1) is 13.3. The molecule has 1 aromatic rings. The standard InChI is InChI=1S/C12H14ClNO4/c13-10-5-4-9(11(7-10)14(15)16)8-18-12-3-1-2-6-17-12/h4-5,7,12H,1-3,6,8H2/t12-/m0/s1. The molecule has 1 saturated heterocycles. The molecule has 0 aliphatic carbocycles. The molecule has 2 rings (SSSR count). The molecule has 0 radical (unpaired) electrons. The zero-order valence-corrected chi connectivity index (χ0v) is 10.6. The second-order valence-electron chi connectivity index (χ2n) is 4.14. The minimum atomic E-state index is -0.452. The van der Waals surface area contributed by atoms with Crippen LogP contribution in [0.3, 0.4) is 0 Å². The van der Waals surface area contributed by atoms with Crippen molar-refractivity contribution in [3.63, 3.8) is 0 Å². The Balaban J connectivity index is 2.01. The maximum absolute atomic E-state index is 10.9. The summed E-state index contributed by atoms with van der Waals surface area (Å²) in [7, 11) is 0. The fraction of sp³-hybridized carbons (Fsp3) is 0.500. The van der Waals surface area contributed by atoms with Crippen LogP contribution in [0.4, 0.5) is 5.69 Å². The number of benzene rings is 1. The zero-order chi connectivity index (χ0) is 13.0. The Morgan fingerprint density at radius 2 is 2.33 bits per heavy atom. The van der Waals surface area contributed by atoms with Gasteiger partial charge >= 0.3 is 0 Å². The van der Waals surface area contributed by atoms with Crippen LogP contribution in [0.25, 0.3) is 0 Å². The van der Waals surface area contributed by atoms with Gasteiger partial charge in [0.1, 0.15) is 0 Å². The molecule has 1 aliphatic heterocycles. The van der Waals surface area contributed by atoms with Crippen molar-refractivity contribution in [3.05, 3.63) is 38.9 Å². The number of rotatable bonds is 4. The van der Waals surface area contributed by atoms with Crippen LogP contribution < -0.4 is 0 Å². The van der Waals surface area contributed by atoms with Crippen molar-refractivity contribution < 1.29 is 14.4 Å². The van der Waals surface area contributed by atoms with Crippen molar-refractivity contribution in [3.8, 4) is 0 Å². The quantitative estimate of drug-likeness (QED) is 0.623. The maximum Gasteiger partial charge on any atom is 0.276 e. The van der Waals surface area contributed by atoms with Crippen LogP contribution in [0, 0.1) is 10.1 Å². The lowest BCUT2D eigenvalue weighted by atomic mass is 10.2. The third-order valence-corrected chi connectivity index (χ3v) is 3.04. The van der Waals surface area contributed by atoms with Crippen molar-refractivity contribution in [1.82, 2.24) is 0 Å². The fourth-order valence-corrected chi connectivity index (χ4v) is 2.02. The van der Waals surface area contributed by atoms with E-state index in [1.165, 1.54) is 6.07 Å². The lowest BCUT2D eigenvalue weighted by Gasteiger charge is -2.22. The van der Waals surface area contributed by atoms with Gasteiger partial charge in [-0.3, -0.25) is 10.1 Å². The Hall–Kier alpha value is -1.17. The van der Waals surface area contributed by atoms with Gasteiger partial charge in [-0.1, -0.05) is 11.6 Å². The SMILES string of the molecule is O=[N+]([O-])c1cc(Cl)ccc1CO[C@H]1CCCCO1. The van der Waals surface area contributed by atoms with Gasteiger partial charge in [-0.2, -0.15) is 0 Å². The predicted molar refractivity (Wildman–Crippen MR) is 66.5 cm³/mol. The van der Waals surface area contributed by atoms with Gasteiger partial charge in [-0.25, -0.2) is 0 Å². The number of ether oxygens (including phenoxy) is 2. The van der Waals surface area contributed by atoms with Gasteiger partial charge in [-0.05, 0) is 31.4 Å². The summed E-state index contributed by atoms with van der Waals surface area (Å²) in [5.41, 5.74) is 0.497. The predicted octanol–water partition coefficient (Wildman–Crippen LogP) is 3.29. The lowest BCUT2D eigenvalue weighted by Crippen LogP contribution is -2.22. The molecule has 0 spiro atoms. The molecule has 0 saturated carbocycles. The molecule has 0 amide bonds. The number of hydrogen-bond acceptors (Lipinski definition) is 4. The first-order chi connectivity index (χ1) is 8.66. The number of halogens is 1. The van der Waals surface area contributed by atoms with Crippen molar-refractivity contribution in [2.45, 2.75) is 32.2 Å². The van der Waals surface area contributed by atoms with Gasteiger partial charge in [0.15, 0.2) is 6.29 Å². The smallest absolute Gasteiger partial charge is 0.276 e. The highest BCUT2D eigenvalue weighted by Crippen LogP contribution is 2.25. The molecule has 0 aromatic heterocycles. The Morgan fingerprint density at radius 1 is 1.50 bits per heavy atom. The van der Waals surface area contributed by atoms with E-state index >= 15 is 0 Å². The summed E-state index contributed by atoms with van der Waals surface area (Å²) in [5.74, 6) is 0. The molecule has 98 valence electrons. The maximum atomic E-state index is 10.9. The van der Waals surface area contributed by atoms with E-state index in [-0.39, 0.29) is 18.6 Å². The number of nitrogens with zero attached hydrogens (tertiary/aromatic N) is 1. The Labute approximate surface area is 110 Å². The van der Waals surface area contributed by atoms with Crippen LogP contribution in [0.15, 0.2) is 18.2 Å². The highest BCUT2D eigenvalue weighted by molar-refractivity contribution is 6.30. The lowest BCUT2D eigenvalue weighted by molar-refractivity contribution is -0.386. The molecular weight excluding hydrogens is 258 g/mol. The monoisotopic (exact) mass is 271 g/mol. The van der Waals surface area contributed by atoms with Gasteiger partial charge < -0.3 is 9.47 Å². The van der Waals surface area contributed by atoms with Gasteiger partial charge in [0, 0.05) is 17.7 Å². The van der Waals surface area contributed by atoms with E-state index in [9.17, 15) is 10.1 Å². The third kappa shape index (κ3) is 3.41. The molecule has 6 heteroatoms. The van der Waals surface area contributed by atoms with Gasteiger partial charge in [0.2, 0.25) is 0 Å². The Bertz CT molecular complexity index is 432. The molecule has 0 bridgehead atoms. The van der Waals surface area contributed by atoms with Crippen LogP contribution in [0.1, 0.15) is 24.8 Å². The molecule has 1 aliphatic rings. The zero-order valence-electron chi connectivity index (χ0n) is 9.80. The molecule has 1 aromatic carbocycles. The number of nitro benzene ring substituents is 1. The first-order valence-corrected chi connectivity index (χ1v) is 6.20. The van der Waals surface area contributed by atoms with E-state index in [1.54, 1.807) is 12.1 Å². The number of hydrogen-bond donors (Lipinski definition) is 0. The normalized spacial score (nSPS) is 19.7. The van der Waals surface area contributed by atoms with Crippen molar-refractivity contribution in [1.29, 1.82) is 0 Å². The van der Waals surface area contributed by atoms with Crippen molar-refractivity contribution in [2.24, 2.45) is 0 Å². The van der Waals surface area contributed by atoms with Crippen molar-refractivity contribution >= 4 is 17.3 Å². The van der Waals surface area contributed by atoms with Gasteiger partial charge in [0.25, 0.3) is 5.69 Å². The average molecular weight is 272 g/mol. The summed E-state index contributed by atoms with van der Waals surface area (Å²) in [5, 5.41) is 11.2. The molecule has 0 N–H and O–H groups in total. The summed E-state index contributed by atoms with van der Waals surface area (Å²) in [4.78, 5) is 10.4. The van der Waals surface area contributed by atoms with Crippen LogP contribution in [0.2, 0.25) is 5.02 Å². The Morgan fingerprint density at radius 3 is 3.00 bits per heavy atom. The molecule has 1 fully saturated rings. The minimum Gasteiger partial charge on any atom is -0.353 e. The number of nitro groups is 1. The van der Waals surface area contributed by atoms with E-state index in [0.717, 1.165) is 19.3 Å². The largest absolute Gasteiger partial charge is 0.353 e. The summed E-state index contributed by atoms with van der Waals surface area (Å²) in [6.45, 7) is 0.853. The van der Waals surface area contributed by atoms with Crippen LogP contribution >= 0.6 is 11.6 Å². The molecule has 1 atom stereocenters. The van der Waals surface area contributed by atoms with E-state index in [4.69, 9.17) is 21.1 Å². The summed E-state index contributed by atoms with van der Waals surface area (Å²) < 4.78 is 10.9. The van der Waals surface area contributed by atoms with Crippen molar-refractivity contribution in [2.75, 3.05) is 6.61 Å². The molecule has 5 nitrogen and oxygen atoms in total. The van der Waals surface area contributed by atoms with E-state index in [0.29, 0.717) is 17.2 Å². The molecule has 18 heavy (non-hydrogen) atoms. The molecule has 0 unspecified atom stereocenters.